The molecule has 0 bridgehead atoms. The maximum absolute atomic E-state index is 12.5. The molecule has 4 atom stereocenters. The Labute approximate surface area is 118 Å². The molecule has 112 valence electrons. The largest absolute Gasteiger partial charge is 0.481 e. The molecule has 2 aliphatic rings. The minimum atomic E-state index is -0.892. The lowest BCUT2D eigenvalue weighted by Crippen LogP contribution is -2.38. The summed E-state index contributed by atoms with van der Waals surface area (Å²) in [5.41, 5.74) is 0. The second-order valence-corrected chi connectivity index (χ2v) is 5.92. The van der Waals surface area contributed by atoms with Crippen LogP contribution in [-0.4, -0.2) is 48.1 Å². The lowest BCUT2D eigenvalue weighted by Gasteiger charge is -2.23. The minimum absolute atomic E-state index is 0.117. The van der Waals surface area contributed by atoms with Crippen LogP contribution in [0.4, 0.5) is 0 Å². The number of aliphatic carboxylic acids is 1. The van der Waals surface area contributed by atoms with Crippen LogP contribution < -0.4 is 0 Å². The molecule has 0 radical (unpaired) electrons. The highest BCUT2D eigenvalue weighted by Gasteiger charge is 2.44. The van der Waals surface area contributed by atoms with E-state index in [9.17, 15) is 19.5 Å². The van der Waals surface area contributed by atoms with Crippen LogP contribution in [0.25, 0.3) is 0 Å². The van der Waals surface area contributed by atoms with Crippen LogP contribution in [0, 0.1) is 23.7 Å². The first-order valence-electron chi connectivity index (χ1n) is 7.03. The quantitative estimate of drug-likeness (QED) is 0.773. The molecule has 20 heavy (non-hydrogen) atoms. The summed E-state index contributed by atoms with van der Waals surface area (Å²) >= 11 is 0. The van der Waals surface area contributed by atoms with Crippen molar-refractivity contribution in [3.63, 3.8) is 0 Å². The van der Waals surface area contributed by atoms with E-state index in [1.165, 1.54) is 7.11 Å². The predicted octanol–water partition coefficient (Wildman–Crippen LogP) is 0.755. The summed E-state index contributed by atoms with van der Waals surface area (Å²) in [6.07, 6.45) is 1.77. The third kappa shape index (κ3) is 2.78. The van der Waals surface area contributed by atoms with Gasteiger partial charge >= 0.3 is 11.9 Å². The van der Waals surface area contributed by atoms with Crippen LogP contribution in [0.3, 0.4) is 0 Å². The van der Waals surface area contributed by atoms with Gasteiger partial charge in [0, 0.05) is 13.1 Å². The van der Waals surface area contributed by atoms with E-state index in [0.717, 1.165) is 0 Å². The zero-order valence-corrected chi connectivity index (χ0v) is 11.9. The number of rotatable bonds is 3. The van der Waals surface area contributed by atoms with E-state index in [4.69, 9.17) is 4.74 Å². The molecule has 1 N–H and O–H groups in total. The van der Waals surface area contributed by atoms with E-state index in [-0.39, 0.29) is 23.7 Å². The molecule has 1 amide bonds. The molecule has 2 fully saturated rings. The van der Waals surface area contributed by atoms with Crippen molar-refractivity contribution >= 4 is 17.8 Å². The Morgan fingerprint density at radius 3 is 2.45 bits per heavy atom. The molecule has 2 unspecified atom stereocenters. The van der Waals surface area contributed by atoms with Gasteiger partial charge in [-0.1, -0.05) is 6.92 Å². The van der Waals surface area contributed by atoms with Crippen LogP contribution in [0.15, 0.2) is 0 Å². The number of methoxy groups -OCH3 is 1. The lowest BCUT2D eigenvalue weighted by atomic mass is 9.95. The van der Waals surface area contributed by atoms with E-state index in [1.54, 1.807) is 4.90 Å². The van der Waals surface area contributed by atoms with E-state index in [0.29, 0.717) is 32.4 Å². The Morgan fingerprint density at radius 1 is 1.20 bits per heavy atom. The minimum Gasteiger partial charge on any atom is -0.481 e. The lowest BCUT2D eigenvalue weighted by molar-refractivity contribution is -0.149. The van der Waals surface area contributed by atoms with E-state index < -0.39 is 17.8 Å². The van der Waals surface area contributed by atoms with Crippen molar-refractivity contribution in [2.24, 2.45) is 23.7 Å². The Balaban J connectivity index is 2.01. The third-order valence-corrected chi connectivity index (χ3v) is 4.47. The van der Waals surface area contributed by atoms with Gasteiger partial charge in [-0.3, -0.25) is 14.4 Å². The maximum atomic E-state index is 12.5. The first-order valence-corrected chi connectivity index (χ1v) is 7.03. The second-order valence-electron chi connectivity index (χ2n) is 5.92. The van der Waals surface area contributed by atoms with Gasteiger partial charge < -0.3 is 14.7 Å². The van der Waals surface area contributed by atoms with Crippen molar-refractivity contribution in [1.29, 1.82) is 0 Å². The summed E-state index contributed by atoms with van der Waals surface area (Å²) in [5.74, 6) is -2.36. The van der Waals surface area contributed by atoms with Gasteiger partial charge in [0.2, 0.25) is 5.91 Å². The van der Waals surface area contributed by atoms with Gasteiger partial charge in [-0.25, -0.2) is 0 Å². The summed E-state index contributed by atoms with van der Waals surface area (Å²) < 4.78 is 4.69. The number of carbonyl (C=O) groups excluding carboxylic acids is 2. The summed E-state index contributed by atoms with van der Waals surface area (Å²) in [6.45, 7) is 2.84. The maximum Gasteiger partial charge on any atom is 0.310 e. The fourth-order valence-electron chi connectivity index (χ4n) is 3.39. The summed E-state index contributed by atoms with van der Waals surface area (Å²) in [7, 11) is 1.34. The molecule has 1 aliphatic heterocycles. The number of hydrogen-bond acceptors (Lipinski definition) is 4. The van der Waals surface area contributed by atoms with Crippen molar-refractivity contribution < 1.29 is 24.2 Å². The van der Waals surface area contributed by atoms with Crippen LogP contribution in [-0.2, 0) is 19.1 Å². The second kappa shape index (κ2) is 5.81. The number of likely N-dealkylation sites (tertiary alicyclic amines) is 1. The standard InChI is InChI=1S/C14H21NO5/c1-8-5-10(11(6-8)13(17)18)12(16)15-4-3-9(7-15)14(19)20-2/h8-11H,3-7H2,1-2H3,(H,17,18)/t8?,9?,10-,11+/m0/s1. The van der Waals surface area contributed by atoms with Gasteiger partial charge in [0.25, 0.3) is 0 Å². The van der Waals surface area contributed by atoms with Gasteiger partial charge in [0.15, 0.2) is 0 Å². The molecule has 0 aromatic rings. The molecule has 0 aromatic heterocycles. The number of carbonyl (C=O) groups is 3. The Morgan fingerprint density at radius 2 is 1.85 bits per heavy atom. The summed E-state index contributed by atoms with van der Waals surface area (Å²) in [6, 6.07) is 0. The average Bonchev–Trinajstić information content (AvgIpc) is 3.03. The molecular weight excluding hydrogens is 262 g/mol. The molecule has 2 rings (SSSR count). The monoisotopic (exact) mass is 283 g/mol. The van der Waals surface area contributed by atoms with Crippen molar-refractivity contribution in [2.45, 2.75) is 26.2 Å². The summed E-state index contributed by atoms with van der Waals surface area (Å²) in [5, 5.41) is 9.23. The van der Waals surface area contributed by atoms with Crippen LogP contribution in [0.1, 0.15) is 26.2 Å². The highest BCUT2D eigenvalue weighted by molar-refractivity contribution is 5.86. The number of nitrogens with zero attached hydrogens (tertiary/aromatic N) is 1. The fourth-order valence-corrected chi connectivity index (χ4v) is 3.39. The molecule has 1 aliphatic carbocycles. The molecule has 0 spiro atoms. The van der Waals surface area contributed by atoms with E-state index in [2.05, 4.69) is 0 Å². The molecule has 1 saturated heterocycles. The molecule has 0 aromatic carbocycles. The first kappa shape index (κ1) is 14.8. The van der Waals surface area contributed by atoms with Crippen LogP contribution in [0.2, 0.25) is 0 Å². The Hall–Kier alpha value is -1.59. The smallest absolute Gasteiger partial charge is 0.310 e. The highest BCUT2D eigenvalue weighted by Crippen LogP contribution is 2.38. The Bertz CT molecular complexity index is 422. The Kier molecular flexibility index (Phi) is 4.30. The normalized spacial score (nSPS) is 33.2. The number of hydrogen-bond donors (Lipinski definition) is 1. The third-order valence-electron chi connectivity index (χ3n) is 4.47. The highest BCUT2D eigenvalue weighted by atomic mass is 16.5. The summed E-state index contributed by atoms with van der Waals surface area (Å²) in [4.78, 5) is 36.8. The molecule has 6 nitrogen and oxygen atoms in total. The van der Waals surface area contributed by atoms with Gasteiger partial charge in [0.1, 0.15) is 0 Å². The fraction of sp³-hybridized carbons (Fsp3) is 0.786. The average molecular weight is 283 g/mol. The van der Waals surface area contributed by atoms with Crippen molar-refractivity contribution in [3.8, 4) is 0 Å². The number of carboxylic acids is 1. The molecule has 1 saturated carbocycles. The zero-order valence-electron chi connectivity index (χ0n) is 11.9. The SMILES string of the molecule is COC(=O)C1CCN(C(=O)[C@H]2CC(C)C[C@H]2C(=O)O)C1. The predicted molar refractivity (Wildman–Crippen MR) is 69.7 cm³/mol. The number of carboxylic acid groups (broad SMARTS) is 1. The van der Waals surface area contributed by atoms with Crippen molar-refractivity contribution in [3.05, 3.63) is 0 Å². The van der Waals surface area contributed by atoms with Crippen molar-refractivity contribution in [2.75, 3.05) is 20.2 Å². The van der Waals surface area contributed by atoms with Gasteiger partial charge in [-0.15, -0.1) is 0 Å². The topological polar surface area (TPSA) is 83.9 Å². The molecule has 1 heterocycles. The van der Waals surface area contributed by atoms with Crippen LogP contribution >= 0.6 is 0 Å². The molecule has 6 heteroatoms. The van der Waals surface area contributed by atoms with Crippen LogP contribution in [0.5, 0.6) is 0 Å². The number of esters is 1. The first-order chi connectivity index (χ1) is 9.43. The van der Waals surface area contributed by atoms with Gasteiger partial charge in [-0.05, 0) is 25.2 Å². The zero-order chi connectivity index (χ0) is 14.9. The van der Waals surface area contributed by atoms with Gasteiger partial charge in [0.05, 0.1) is 24.9 Å². The molecular formula is C14H21NO5. The van der Waals surface area contributed by atoms with Crippen molar-refractivity contribution in [1.82, 2.24) is 4.90 Å². The van der Waals surface area contributed by atoms with Gasteiger partial charge in [-0.2, -0.15) is 0 Å². The number of amides is 1. The van der Waals surface area contributed by atoms with E-state index >= 15 is 0 Å². The number of ether oxygens (including phenoxy) is 1. The van der Waals surface area contributed by atoms with E-state index in [1.807, 2.05) is 6.92 Å².